The van der Waals surface area contributed by atoms with Gasteiger partial charge in [0.05, 0.1) is 11.6 Å². The first kappa shape index (κ1) is 13.4. The molecule has 0 spiro atoms. The number of halogens is 1. The standard InChI is InChI=1S/C16H22BrNO/c1-18-10-16(8-12-6-13(12)9-16)7-11-3-4-15(19-2)14(17)5-11/h3-5,12-13,18H,6-10H2,1-2H3. The van der Waals surface area contributed by atoms with Crippen LogP contribution in [0.4, 0.5) is 0 Å². The third-order valence-electron chi connectivity index (χ3n) is 4.81. The normalized spacial score (nSPS) is 32.2. The van der Waals surface area contributed by atoms with E-state index in [4.69, 9.17) is 4.74 Å². The summed E-state index contributed by atoms with van der Waals surface area (Å²) in [6.45, 7) is 1.14. The predicted molar refractivity (Wildman–Crippen MR) is 81.6 cm³/mol. The van der Waals surface area contributed by atoms with E-state index in [0.29, 0.717) is 5.41 Å². The van der Waals surface area contributed by atoms with E-state index < -0.39 is 0 Å². The molecule has 2 nitrogen and oxygen atoms in total. The molecule has 0 aliphatic heterocycles. The van der Waals surface area contributed by atoms with Gasteiger partial charge in [-0.1, -0.05) is 6.07 Å². The van der Waals surface area contributed by atoms with Crippen molar-refractivity contribution in [1.82, 2.24) is 5.32 Å². The first-order chi connectivity index (χ1) is 9.15. The van der Waals surface area contributed by atoms with E-state index in [1.165, 1.54) is 31.2 Å². The Morgan fingerprint density at radius 3 is 2.68 bits per heavy atom. The van der Waals surface area contributed by atoms with E-state index in [-0.39, 0.29) is 0 Å². The molecule has 2 aliphatic carbocycles. The Kier molecular flexibility index (Phi) is 3.61. The van der Waals surface area contributed by atoms with Crippen molar-refractivity contribution in [2.24, 2.45) is 17.3 Å². The zero-order valence-corrected chi connectivity index (χ0v) is 13.3. The van der Waals surface area contributed by atoms with Crippen molar-refractivity contribution in [2.75, 3.05) is 20.7 Å². The van der Waals surface area contributed by atoms with Crippen LogP contribution in [0.15, 0.2) is 22.7 Å². The van der Waals surface area contributed by atoms with Crippen LogP contribution in [0.1, 0.15) is 24.8 Å². The summed E-state index contributed by atoms with van der Waals surface area (Å²) in [7, 11) is 3.79. The molecule has 19 heavy (non-hydrogen) atoms. The Labute approximate surface area is 124 Å². The van der Waals surface area contributed by atoms with E-state index in [2.05, 4.69) is 46.5 Å². The minimum absolute atomic E-state index is 0.483. The lowest BCUT2D eigenvalue weighted by atomic mass is 9.77. The molecule has 104 valence electrons. The molecule has 0 radical (unpaired) electrons. The fourth-order valence-electron chi connectivity index (χ4n) is 3.99. The monoisotopic (exact) mass is 323 g/mol. The maximum atomic E-state index is 5.31. The average molecular weight is 324 g/mol. The summed E-state index contributed by atoms with van der Waals surface area (Å²) in [4.78, 5) is 0. The molecule has 2 unspecified atom stereocenters. The molecule has 2 saturated carbocycles. The van der Waals surface area contributed by atoms with Crippen LogP contribution in [0.25, 0.3) is 0 Å². The lowest BCUT2D eigenvalue weighted by Crippen LogP contribution is -2.33. The van der Waals surface area contributed by atoms with Gasteiger partial charge in [0.2, 0.25) is 0 Å². The summed E-state index contributed by atoms with van der Waals surface area (Å²) in [6, 6.07) is 6.51. The van der Waals surface area contributed by atoms with Gasteiger partial charge in [0, 0.05) is 6.54 Å². The molecule has 2 aliphatic rings. The van der Waals surface area contributed by atoms with Crippen LogP contribution >= 0.6 is 15.9 Å². The van der Waals surface area contributed by atoms with E-state index in [1.54, 1.807) is 7.11 Å². The zero-order valence-electron chi connectivity index (χ0n) is 11.7. The highest BCUT2D eigenvalue weighted by atomic mass is 79.9. The van der Waals surface area contributed by atoms with Crippen molar-refractivity contribution in [2.45, 2.75) is 25.7 Å². The molecular weight excluding hydrogens is 302 g/mol. The number of hydrogen-bond donors (Lipinski definition) is 1. The maximum absolute atomic E-state index is 5.31. The highest BCUT2D eigenvalue weighted by molar-refractivity contribution is 9.10. The number of fused-ring (bicyclic) bond motifs is 1. The van der Waals surface area contributed by atoms with Gasteiger partial charge in [0.15, 0.2) is 0 Å². The number of methoxy groups -OCH3 is 1. The van der Waals surface area contributed by atoms with Gasteiger partial charge in [-0.3, -0.25) is 0 Å². The second kappa shape index (κ2) is 5.10. The molecule has 1 aromatic rings. The number of rotatable bonds is 5. The minimum Gasteiger partial charge on any atom is -0.496 e. The van der Waals surface area contributed by atoms with Crippen molar-refractivity contribution >= 4 is 15.9 Å². The summed E-state index contributed by atoms with van der Waals surface area (Å²) >= 11 is 3.59. The summed E-state index contributed by atoms with van der Waals surface area (Å²) in [6.07, 6.45) is 5.48. The van der Waals surface area contributed by atoms with Crippen LogP contribution in [0.2, 0.25) is 0 Å². The van der Waals surface area contributed by atoms with E-state index in [9.17, 15) is 0 Å². The largest absolute Gasteiger partial charge is 0.496 e. The number of ether oxygens (including phenoxy) is 1. The highest BCUT2D eigenvalue weighted by Crippen LogP contribution is 2.60. The molecule has 1 N–H and O–H groups in total. The second-order valence-corrected chi connectivity index (χ2v) is 7.19. The van der Waals surface area contributed by atoms with Gasteiger partial charge < -0.3 is 10.1 Å². The first-order valence-electron chi connectivity index (χ1n) is 7.13. The first-order valence-corrected chi connectivity index (χ1v) is 7.92. The van der Waals surface area contributed by atoms with Gasteiger partial charge in [-0.25, -0.2) is 0 Å². The molecule has 2 fully saturated rings. The minimum atomic E-state index is 0.483. The van der Waals surface area contributed by atoms with Crippen molar-refractivity contribution in [3.05, 3.63) is 28.2 Å². The van der Waals surface area contributed by atoms with Crippen molar-refractivity contribution in [3.63, 3.8) is 0 Å². The Balaban J connectivity index is 1.76. The molecule has 0 saturated heterocycles. The molecule has 1 aromatic carbocycles. The maximum Gasteiger partial charge on any atom is 0.133 e. The smallest absolute Gasteiger partial charge is 0.133 e. The van der Waals surface area contributed by atoms with Gasteiger partial charge in [-0.2, -0.15) is 0 Å². The van der Waals surface area contributed by atoms with E-state index in [1.807, 2.05) is 0 Å². The molecule has 3 heteroatoms. The third-order valence-corrected chi connectivity index (χ3v) is 5.43. The summed E-state index contributed by atoms with van der Waals surface area (Å²) in [5, 5.41) is 3.41. The van der Waals surface area contributed by atoms with Gasteiger partial charge in [-0.05, 0) is 83.6 Å². The Bertz CT molecular complexity index is 464. The molecule has 0 aromatic heterocycles. The number of hydrogen-bond acceptors (Lipinski definition) is 2. The number of benzene rings is 1. The Hall–Kier alpha value is -0.540. The summed E-state index contributed by atoms with van der Waals surface area (Å²) < 4.78 is 6.37. The SMILES string of the molecule is CNCC1(Cc2ccc(OC)c(Br)c2)CC2CC2C1. The Morgan fingerprint density at radius 1 is 1.37 bits per heavy atom. The highest BCUT2D eigenvalue weighted by Gasteiger charge is 2.53. The quantitative estimate of drug-likeness (QED) is 0.893. The fourth-order valence-corrected chi connectivity index (χ4v) is 4.57. The lowest BCUT2D eigenvalue weighted by Gasteiger charge is -2.31. The third kappa shape index (κ3) is 2.68. The topological polar surface area (TPSA) is 21.3 Å². The molecule has 0 heterocycles. The molecular formula is C16H22BrNO. The summed E-state index contributed by atoms with van der Waals surface area (Å²) in [5.41, 5.74) is 1.90. The predicted octanol–water partition coefficient (Wildman–Crippen LogP) is 3.64. The summed E-state index contributed by atoms with van der Waals surface area (Å²) in [5.74, 6) is 2.96. The molecule has 0 amide bonds. The fraction of sp³-hybridized carbons (Fsp3) is 0.625. The van der Waals surface area contributed by atoms with Crippen molar-refractivity contribution in [1.29, 1.82) is 0 Å². The van der Waals surface area contributed by atoms with Gasteiger partial charge in [0.25, 0.3) is 0 Å². The van der Waals surface area contributed by atoms with E-state index in [0.717, 1.165) is 28.6 Å². The van der Waals surface area contributed by atoms with Crippen LogP contribution in [-0.2, 0) is 6.42 Å². The van der Waals surface area contributed by atoms with Crippen LogP contribution < -0.4 is 10.1 Å². The van der Waals surface area contributed by atoms with Gasteiger partial charge >= 0.3 is 0 Å². The molecule has 0 bridgehead atoms. The van der Waals surface area contributed by atoms with Crippen LogP contribution in [0.3, 0.4) is 0 Å². The average Bonchev–Trinajstić information content (AvgIpc) is 2.98. The zero-order chi connectivity index (χ0) is 13.5. The molecule has 3 rings (SSSR count). The Morgan fingerprint density at radius 2 is 2.11 bits per heavy atom. The molecule has 2 atom stereocenters. The van der Waals surface area contributed by atoms with Gasteiger partial charge in [0.1, 0.15) is 5.75 Å². The van der Waals surface area contributed by atoms with Crippen molar-refractivity contribution in [3.8, 4) is 5.75 Å². The van der Waals surface area contributed by atoms with Crippen LogP contribution in [-0.4, -0.2) is 20.7 Å². The number of nitrogens with one attached hydrogen (secondary N) is 1. The van der Waals surface area contributed by atoms with E-state index >= 15 is 0 Å². The van der Waals surface area contributed by atoms with Gasteiger partial charge in [-0.15, -0.1) is 0 Å². The van der Waals surface area contributed by atoms with Crippen LogP contribution in [0.5, 0.6) is 5.75 Å². The van der Waals surface area contributed by atoms with Crippen molar-refractivity contribution < 1.29 is 4.74 Å². The lowest BCUT2D eigenvalue weighted by molar-refractivity contribution is 0.255. The second-order valence-electron chi connectivity index (χ2n) is 6.34. The van der Waals surface area contributed by atoms with Crippen LogP contribution in [0, 0.1) is 17.3 Å².